The van der Waals surface area contributed by atoms with Crippen LogP contribution in [0, 0.1) is 22.2 Å². The van der Waals surface area contributed by atoms with Crippen molar-refractivity contribution in [3.63, 3.8) is 0 Å². The van der Waals surface area contributed by atoms with E-state index in [0.29, 0.717) is 32.1 Å². The minimum Gasteiger partial charge on any atom is -0.462 e. The normalized spacial score (nSPS) is 44.1. The minimum atomic E-state index is -1.19. The fourth-order valence-electron chi connectivity index (χ4n) is 7.32. The van der Waals surface area contributed by atoms with Crippen LogP contribution in [-0.2, 0) is 19.1 Å². The predicted molar refractivity (Wildman–Crippen MR) is 110 cm³/mol. The van der Waals surface area contributed by atoms with Gasteiger partial charge in [0.1, 0.15) is 12.7 Å². The molecule has 0 aromatic carbocycles. The molecule has 0 amide bonds. The third kappa shape index (κ3) is 2.90. The van der Waals surface area contributed by atoms with Gasteiger partial charge in [-0.3, -0.25) is 4.79 Å². The van der Waals surface area contributed by atoms with Gasteiger partial charge in [-0.25, -0.2) is 4.79 Å². The molecular formula is C24H34O6. The molecule has 6 nitrogen and oxygen atoms in total. The second-order valence-corrected chi connectivity index (χ2v) is 10.7. The largest absolute Gasteiger partial charge is 0.462 e. The van der Waals surface area contributed by atoms with Crippen molar-refractivity contribution < 1.29 is 29.3 Å². The van der Waals surface area contributed by atoms with Crippen molar-refractivity contribution in [3.8, 4) is 0 Å². The summed E-state index contributed by atoms with van der Waals surface area (Å²) in [4.78, 5) is 23.5. The monoisotopic (exact) mass is 418 g/mol. The maximum atomic E-state index is 12.5. The highest BCUT2D eigenvalue weighted by atomic mass is 16.5. The lowest BCUT2D eigenvalue weighted by molar-refractivity contribution is -0.307. The summed E-state index contributed by atoms with van der Waals surface area (Å²) >= 11 is 0. The fraction of sp³-hybridized carbons (Fsp3) is 0.750. The minimum absolute atomic E-state index is 0.170. The highest BCUT2D eigenvalue weighted by Gasteiger charge is 2.74. The average Bonchev–Trinajstić information content (AvgIpc) is 3.04. The molecule has 30 heavy (non-hydrogen) atoms. The Morgan fingerprint density at radius 3 is 2.70 bits per heavy atom. The Morgan fingerprint density at radius 2 is 2.07 bits per heavy atom. The van der Waals surface area contributed by atoms with Crippen molar-refractivity contribution in [2.75, 3.05) is 6.61 Å². The van der Waals surface area contributed by atoms with Crippen LogP contribution in [0.4, 0.5) is 0 Å². The fourth-order valence-corrected chi connectivity index (χ4v) is 7.32. The van der Waals surface area contributed by atoms with E-state index in [0.717, 1.165) is 12.0 Å². The first kappa shape index (κ1) is 21.6. The molecule has 0 aromatic rings. The number of aliphatic hydroxyl groups excluding tert-OH is 1. The van der Waals surface area contributed by atoms with Crippen LogP contribution < -0.4 is 0 Å². The third-order valence-corrected chi connectivity index (χ3v) is 8.55. The number of hydrogen-bond donors (Lipinski definition) is 2. The van der Waals surface area contributed by atoms with E-state index in [4.69, 9.17) is 9.47 Å². The summed E-state index contributed by atoms with van der Waals surface area (Å²) in [6, 6.07) is 0. The average molecular weight is 419 g/mol. The van der Waals surface area contributed by atoms with Gasteiger partial charge in [0.25, 0.3) is 0 Å². The molecule has 2 fully saturated rings. The Labute approximate surface area is 178 Å². The summed E-state index contributed by atoms with van der Waals surface area (Å²) in [7, 11) is 0. The zero-order chi connectivity index (χ0) is 21.9. The van der Waals surface area contributed by atoms with Crippen LogP contribution in [0.1, 0.15) is 66.2 Å². The number of cyclic esters (lactones) is 1. The van der Waals surface area contributed by atoms with Gasteiger partial charge >= 0.3 is 11.9 Å². The molecule has 6 atom stereocenters. The van der Waals surface area contributed by atoms with E-state index in [2.05, 4.69) is 19.9 Å². The van der Waals surface area contributed by atoms with Crippen molar-refractivity contribution >= 4 is 11.9 Å². The molecular weight excluding hydrogens is 384 g/mol. The number of carbonyl (C=O) groups excluding carboxylic acids is 2. The summed E-state index contributed by atoms with van der Waals surface area (Å²) in [5.74, 6) is -0.832. The zero-order valence-corrected chi connectivity index (χ0v) is 18.4. The SMILES string of the molecule is CC(=O)OC1CC2(C)C=CCC3(C(O)CCC(C)(C)C13)C2(O)CCC1=CC(=O)OC1. The van der Waals surface area contributed by atoms with E-state index in [9.17, 15) is 19.8 Å². The summed E-state index contributed by atoms with van der Waals surface area (Å²) in [5.41, 5.74) is -2.00. The lowest BCUT2D eigenvalue weighted by atomic mass is 9.36. The molecule has 166 valence electrons. The smallest absolute Gasteiger partial charge is 0.331 e. The first-order valence-electron chi connectivity index (χ1n) is 11.1. The summed E-state index contributed by atoms with van der Waals surface area (Å²) in [6.07, 6.45) is 8.02. The second-order valence-electron chi connectivity index (χ2n) is 10.7. The molecule has 4 aliphatic rings. The Hall–Kier alpha value is -1.66. The molecule has 2 N–H and O–H groups in total. The Kier molecular flexibility index (Phi) is 4.98. The van der Waals surface area contributed by atoms with E-state index in [1.165, 1.54) is 13.0 Å². The predicted octanol–water partition coefficient (Wildman–Crippen LogP) is 3.07. The van der Waals surface area contributed by atoms with Crippen molar-refractivity contribution in [2.24, 2.45) is 22.2 Å². The number of aliphatic hydroxyl groups is 2. The molecule has 1 heterocycles. The van der Waals surface area contributed by atoms with Crippen LogP contribution in [0.3, 0.4) is 0 Å². The first-order valence-corrected chi connectivity index (χ1v) is 11.1. The first-order chi connectivity index (χ1) is 14.0. The number of fused-ring (bicyclic) bond motifs is 1. The Bertz CT molecular complexity index is 813. The van der Waals surface area contributed by atoms with Gasteiger partial charge in [0, 0.05) is 29.7 Å². The van der Waals surface area contributed by atoms with Gasteiger partial charge in [-0.2, -0.15) is 0 Å². The molecule has 6 heteroatoms. The molecule has 4 rings (SSSR count). The van der Waals surface area contributed by atoms with Crippen molar-refractivity contribution in [2.45, 2.75) is 84.0 Å². The number of hydrogen-bond acceptors (Lipinski definition) is 6. The van der Waals surface area contributed by atoms with E-state index in [1.54, 1.807) is 0 Å². The molecule has 0 saturated heterocycles. The number of rotatable bonds is 4. The maximum Gasteiger partial charge on any atom is 0.331 e. The Morgan fingerprint density at radius 1 is 1.33 bits per heavy atom. The van der Waals surface area contributed by atoms with Gasteiger partial charge in [-0.15, -0.1) is 0 Å². The second kappa shape index (κ2) is 6.92. The van der Waals surface area contributed by atoms with Crippen molar-refractivity contribution in [1.29, 1.82) is 0 Å². The molecule has 3 aliphatic carbocycles. The van der Waals surface area contributed by atoms with Crippen LogP contribution in [0.25, 0.3) is 0 Å². The van der Waals surface area contributed by atoms with Gasteiger partial charge in [0.2, 0.25) is 0 Å². The van der Waals surface area contributed by atoms with Crippen molar-refractivity contribution in [1.82, 2.24) is 0 Å². The number of allylic oxidation sites excluding steroid dienone is 1. The van der Waals surface area contributed by atoms with Crippen LogP contribution in [0.5, 0.6) is 0 Å². The van der Waals surface area contributed by atoms with Crippen molar-refractivity contribution in [3.05, 3.63) is 23.8 Å². The van der Waals surface area contributed by atoms with Crippen LogP contribution >= 0.6 is 0 Å². The van der Waals surface area contributed by atoms with Gasteiger partial charge in [0.15, 0.2) is 0 Å². The summed E-state index contributed by atoms with van der Waals surface area (Å²) in [5, 5.41) is 23.9. The van der Waals surface area contributed by atoms with Crippen LogP contribution in [0.2, 0.25) is 0 Å². The Balaban J connectivity index is 1.81. The molecule has 1 spiro atoms. The third-order valence-electron chi connectivity index (χ3n) is 8.55. The highest BCUT2D eigenvalue weighted by Crippen LogP contribution is 2.71. The molecule has 6 unspecified atom stereocenters. The van der Waals surface area contributed by atoms with E-state index >= 15 is 0 Å². The molecule has 2 bridgehead atoms. The molecule has 2 saturated carbocycles. The summed E-state index contributed by atoms with van der Waals surface area (Å²) < 4.78 is 10.9. The lowest BCUT2D eigenvalue weighted by Gasteiger charge is -2.71. The standard InChI is InChI=1S/C24H34O6/c1-15(25)30-17-13-22(4)8-5-9-23(18(26)7-10-21(2,3)20(17)23)24(22,28)11-6-16-12-19(27)29-14-16/h5,8,12,17-18,20,26,28H,6-7,9-11,13-14H2,1-4H3. The number of esters is 2. The summed E-state index contributed by atoms with van der Waals surface area (Å²) in [6.45, 7) is 8.03. The van der Waals surface area contributed by atoms with Gasteiger partial charge in [-0.1, -0.05) is 32.9 Å². The highest BCUT2D eigenvalue weighted by molar-refractivity contribution is 5.85. The van der Waals surface area contributed by atoms with Gasteiger partial charge in [0.05, 0.1) is 11.7 Å². The lowest BCUT2D eigenvalue weighted by Crippen LogP contribution is -2.76. The zero-order valence-electron chi connectivity index (χ0n) is 18.4. The van der Waals surface area contributed by atoms with E-state index in [-0.39, 0.29) is 36.0 Å². The molecule has 0 radical (unpaired) electrons. The number of ether oxygens (including phenoxy) is 2. The molecule has 1 aliphatic heterocycles. The van der Waals surface area contributed by atoms with E-state index in [1.807, 2.05) is 13.0 Å². The number of carbonyl (C=O) groups is 2. The van der Waals surface area contributed by atoms with Crippen LogP contribution in [-0.4, -0.2) is 46.6 Å². The van der Waals surface area contributed by atoms with Gasteiger partial charge < -0.3 is 19.7 Å². The van der Waals surface area contributed by atoms with Gasteiger partial charge in [-0.05, 0) is 49.5 Å². The van der Waals surface area contributed by atoms with Crippen LogP contribution in [0.15, 0.2) is 23.8 Å². The maximum absolute atomic E-state index is 12.5. The topological polar surface area (TPSA) is 93.1 Å². The van der Waals surface area contributed by atoms with E-state index < -0.39 is 22.5 Å². The molecule has 0 aromatic heterocycles. The quantitative estimate of drug-likeness (QED) is 0.538.